The van der Waals surface area contributed by atoms with Gasteiger partial charge in [-0.2, -0.15) is 11.8 Å². The first-order valence-electron chi connectivity index (χ1n) is 5.37. The fraction of sp³-hybridized carbons (Fsp3) is 0.462. The van der Waals surface area contributed by atoms with Gasteiger partial charge in [0.25, 0.3) is 0 Å². The summed E-state index contributed by atoms with van der Waals surface area (Å²) in [6.07, 6.45) is 1.12. The van der Waals surface area contributed by atoms with Gasteiger partial charge in [0.15, 0.2) is 5.78 Å². The van der Waals surface area contributed by atoms with Gasteiger partial charge in [-0.1, -0.05) is 36.8 Å². The molecule has 0 spiro atoms. The minimum atomic E-state index is 0.0765. The Kier molecular flexibility index (Phi) is 4.89. The van der Waals surface area contributed by atoms with Gasteiger partial charge >= 0.3 is 0 Å². The molecule has 0 fully saturated rings. The Hall–Kier alpha value is -0.760. The van der Waals surface area contributed by atoms with Crippen molar-refractivity contribution < 1.29 is 4.79 Å². The average molecular weight is 222 g/mol. The van der Waals surface area contributed by atoms with E-state index in [0.29, 0.717) is 0 Å². The molecule has 0 aliphatic heterocycles. The molecular weight excluding hydrogens is 204 g/mol. The van der Waals surface area contributed by atoms with Crippen LogP contribution < -0.4 is 0 Å². The van der Waals surface area contributed by atoms with Crippen LogP contribution >= 0.6 is 11.8 Å². The topological polar surface area (TPSA) is 17.1 Å². The molecule has 82 valence electrons. The molecule has 0 saturated heterocycles. The van der Waals surface area contributed by atoms with Crippen LogP contribution in [0.3, 0.4) is 0 Å². The molecule has 0 aromatic heterocycles. The Morgan fingerprint density at radius 1 is 1.33 bits per heavy atom. The van der Waals surface area contributed by atoms with Crippen LogP contribution in [0.15, 0.2) is 24.3 Å². The summed E-state index contributed by atoms with van der Waals surface area (Å²) in [4.78, 5) is 11.9. The van der Waals surface area contributed by atoms with Crippen molar-refractivity contribution in [2.75, 3.05) is 5.75 Å². The molecule has 15 heavy (non-hydrogen) atoms. The van der Waals surface area contributed by atoms with E-state index in [0.717, 1.165) is 17.7 Å². The number of thioether (sulfide) groups is 1. The molecule has 2 heteroatoms. The standard InChI is InChI=1S/C13H18OS/c1-4-9-15-11(3)13(14)12-7-5-10(2)6-8-12/h5-8,11H,4,9H2,1-3H3. The zero-order valence-electron chi connectivity index (χ0n) is 9.62. The Balaban J connectivity index is 2.63. The van der Waals surface area contributed by atoms with Crippen molar-refractivity contribution in [2.45, 2.75) is 32.4 Å². The molecule has 1 rings (SSSR count). The number of ketones is 1. The van der Waals surface area contributed by atoms with E-state index in [1.165, 1.54) is 5.56 Å². The average Bonchev–Trinajstić information content (AvgIpc) is 2.26. The number of rotatable bonds is 5. The smallest absolute Gasteiger partial charge is 0.175 e. The van der Waals surface area contributed by atoms with Crippen LogP contribution in [0.25, 0.3) is 0 Å². The number of Topliss-reactive ketones (excluding diaryl/α,β-unsaturated/α-hetero) is 1. The largest absolute Gasteiger partial charge is 0.293 e. The van der Waals surface area contributed by atoms with Crippen LogP contribution in [0.4, 0.5) is 0 Å². The lowest BCUT2D eigenvalue weighted by Gasteiger charge is -2.09. The van der Waals surface area contributed by atoms with Gasteiger partial charge in [0.2, 0.25) is 0 Å². The van der Waals surface area contributed by atoms with E-state index in [1.54, 1.807) is 11.8 Å². The molecule has 0 aliphatic rings. The highest BCUT2D eigenvalue weighted by atomic mass is 32.2. The maximum Gasteiger partial charge on any atom is 0.175 e. The fourth-order valence-corrected chi connectivity index (χ4v) is 2.20. The van der Waals surface area contributed by atoms with Crippen molar-refractivity contribution in [3.05, 3.63) is 35.4 Å². The third kappa shape index (κ3) is 3.71. The lowest BCUT2D eigenvalue weighted by Crippen LogP contribution is -2.13. The Morgan fingerprint density at radius 3 is 2.47 bits per heavy atom. The number of hydrogen-bond donors (Lipinski definition) is 0. The second kappa shape index (κ2) is 5.96. The Labute approximate surface area is 96.3 Å². The summed E-state index contributed by atoms with van der Waals surface area (Å²) < 4.78 is 0. The molecule has 1 aromatic rings. The molecule has 1 aromatic carbocycles. The predicted octanol–water partition coefficient (Wildman–Crippen LogP) is 3.71. The fourth-order valence-electron chi connectivity index (χ4n) is 1.32. The summed E-state index contributed by atoms with van der Waals surface area (Å²) in [7, 11) is 0. The van der Waals surface area contributed by atoms with Crippen LogP contribution in [0, 0.1) is 6.92 Å². The Bertz CT molecular complexity index is 316. The van der Waals surface area contributed by atoms with E-state index in [1.807, 2.05) is 38.1 Å². The molecule has 0 amide bonds. The van der Waals surface area contributed by atoms with E-state index < -0.39 is 0 Å². The highest BCUT2D eigenvalue weighted by Crippen LogP contribution is 2.17. The summed E-state index contributed by atoms with van der Waals surface area (Å²) in [6.45, 7) is 6.15. The second-order valence-corrected chi connectivity index (χ2v) is 5.19. The first kappa shape index (κ1) is 12.3. The van der Waals surface area contributed by atoms with Crippen LogP contribution in [0.2, 0.25) is 0 Å². The van der Waals surface area contributed by atoms with Crippen molar-refractivity contribution in [1.82, 2.24) is 0 Å². The summed E-state index contributed by atoms with van der Waals surface area (Å²) in [5.74, 6) is 1.30. The zero-order valence-corrected chi connectivity index (χ0v) is 10.4. The van der Waals surface area contributed by atoms with Crippen LogP contribution in [-0.2, 0) is 0 Å². The lowest BCUT2D eigenvalue weighted by molar-refractivity contribution is 0.0994. The first-order chi connectivity index (χ1) is 7.15. The number of benzene rings is 1. The summed E-state index contributed by atoms with van der Waals surface area (Å²) in [5, 5.41) is 0.0765. The first-order valence-corrected chi connectivity index (χ1v) is 6.42. The van der Waals surface area contributed by atoms with Crippen molar-refractivity contribution in [3.8, 4) is 0 Å². The lowest BCUT2D eigenvalue weighted by atomic mass is 10.1. The third-order valence-corrected chi connectivity index (χ3v) is 3.64. The summed E-state index contributed by atoms with van der Waals surface area (Å²) in [5.41, 5.74) is 2.03. The van der Waals surface area contributed by atoms with E-state index >= 15 is 0 Å². The normalized spacial score (nSPS) is 12.5. The molecule has 0 radical (unpaired) electrons. The van der Waals surface area contributed by atoms with Gasteiger partial charge in [-0.05, 0) is 26.0 Å². The van der Waals surface area contributed by atoms with Crippen LogP contribution in [0.1, 0.15) is 36.2 Å². The number of carbonyl (C=O) groups is 1. The van der Waals surface area contributed by atoms with Gasteiger partial charge in [0.1, 0.15) is 0 Å². The van der Waals surface area contributed by atoms with Crippen LogP contribution in [0.5, 0.6) is 0 Å². The van der Waals surface area contributed by atoms with E-state index in [4.69, 9.17) is 0 Å². The predicted molar refractivity (Wildman–Crippen MR) is 67.7 cm³/mol. The third-order valence-electron chi connectivity index (χ3n) is 2.28. The molecule has 0 aliphatic carbocycles. The van der Waals surface area contributed by atoms with Crippen molar-refractivity contribution in [2.24, 2.45) is 0 Å². The molecule has 1 nitrogen and oxygen atoms in total. The highest BCUT2D eigenvalue weighted by Gasteiger charge is 2.14. The maximum absolute atomic E-state index is 11.9. The van der Waals surface area contributed by atoms with Crippen molar-refractivity contribution >= 4 is 17.5 Å². The Morgan fingerprint density at radius 2 is 1.93 bits per heavy atom. The van der Waals surface area contributed by atoms with Crippen LogP contribution in [-0.4, -0.2) is 16.8 Å². The number of carbonyl (C=O) groups excluding carboxylic acids is 1. The van der Waals surface area contributed by atoms with Gasteiger partial charge in [-0.25, -0.2) is 0 Å². The molecule has 0 heterocycles. The SMILES string of the molecule is CCCSC(C)C(=O)c1ccc(C)cc1. The van der Waals surface area contributed by atoms with Gasteiger partial charge in [0.05, 0.1) is 5.25 Å². The minimum absolute atomic E-state index is 0.0765. The van der Waals surface area contributed by atoms with Gasteiger partial charge in [0, 0.05) is 5.56 Å². The summed E-state index contributed by atoms with van der Waals surface area (Å²) in [6, 6.07) is 7.82. The molecule has 1 unspecified atom stereocenters. The van der Waals surface area contributed by atoms with E-state index in [-0.39, 0.29) is 11.0 Å². The monoisotopic (exact) mass is 222 g/mol. The minimum Gasteiger partial charge on any atom is -0.293 e. The molecule has 0 saturated carbocycles. The zero-order chi connectivity index (χ0) is 11.3. The van der Waals surface area contributed by atoms with Gasteiger partial charge in [-0.15, -0.1) is 0 Å². The summed E-state index contributed by atoms with van der Waals surface area (Å²) >= 11 is 1.73. The highest BCUT2D eigenvalue weighted by molar-refractivity contribution is 8.00. The van der Waals surface area contributed by atoms with Crippen molar-refractivity contribution in [1.29, 1.82) is 0 Å². The van der Waals surface area contributed by atoms with Crippen molar-refractivity contribution in [3.63, 3.8) is 0 Å². The quantitative estimate of drug-likeness (QED) is 0.706. The molecule has 1 atom stereocenters. The van der Waals surface area contributed by atoms with E-state index in [9.17, 15) is 4.79 Å². The second-order valence-electron chi connectivity index (χ2n) is 3.74. The number of aryl methyl sites for hydroxylation is 1. The molecule has 0 bridgehead atoms. The van der Waals surface area contributed by atoms with Gasteiger partial charge in [-0.3, -0.25) is 4.79 Å². The molecular formula is C13H18OS. The maximum atomic E-state index is 11.9. The van der Waals surface area contributed by atoms with Gasteiger partial charge < -0.3 is 0 Å². The molecule has 0 N–H and O–H groups in total. The van der Waals surface area contributed by atoms with E-state index in [2.05, 4.69) is 6.92 Å². The number of hydrogen-bond acceptors (Lipinski definition) is 2.